The van der Waals surface area contributed by atoms with Crippen LogP contribution >= 0.6 is 0 Å². The summed E-state index contributed by atoms with van der Waals surface area (Å²) in [5, 5.41) is 7.52. The van der Waals surface area contributed by atoms with E-state index in [1.54, 1.807) is 0 Å². The molecule has 2 heterocycles. The molecule has 1 aliphatic heterocycles. The van der Waals surface area contributed by atoms with Gasteiger partial charge in [-0.25, -0.2) is 0 Å². The molecule has 17 heavy (non-hydrogen) atoms. The standard InChI is InChI=1S/C13H23N3O/c1-10-13(11(2)17-15-10)6-8-16(3)9-12-5-4-7-14-12/h12,14H,4-9H2,1-3H3/t12-/m0/s1. The third kappa shape index (κ3) is 3.30. The molecule has 0 radical (unpaired) electrons. The number of rotatable bonds is 5. The summed E-state index contributed by atoms with van der Waals surface area (Å²) in [6, 6.07) is 0.685. The average molecular weight is 237 g/mol. The summed E-state index contributed by atoms with van der Waals surface area (Å²) in [7, 11) is 2.19. The molecule has 4 heteroatoms. The highest BCUT2D eigenvalue weighted by Crippen LogP contribution is 2.13. The van der Waals surface area contributed by atoms with Crippen LogP contribution in [-0.2, 0) is 6.42 Å². The van der Waals surface area contributed by atoms with E-state index in [-0.39, 0.29) is 0 Å². The maximum Gasteiger partial charge on any atom is 0.137 e. The van der Waals surface area contributed by atoms with Gasteiger partial charge in [0.1, 0.15) is 5.76 Å². The molecule has 0 bridgehead atoms. The van der Waals surface area contributed by atoms with Gasteiger partial charge in [0.2, 0.25) is 0 Å². The Bertz CT molecular complexity index is 336. The normalized spacial score (nSPS) is 20.4. The van der Waals surface area contributed by atoms with E-state index in [1.807, 2.05) is 13.8 Å². The molecule has 0 amide bonds. The van der Waals surface area contributed by atoms with Gasteiger partial charge in [-0.05, 0) is 46.7 Å². The molecule has 96 valence electrons. The number of hydrogen-bond acceptors (Lipinski definition) is 4. The van der Waals surface area contributed by atoms with Gasteiger partial charge in [0.25, 0.3) is 0 Å². The van der Waals surface area contributed by atoms with Gasteiger partial charge in [0.15, 0.2) is 0 Å². The lowest BCUT2D eigenvalue weighted by molar-refractivity contribution is 0.303. The van der Waals surface area contributed by atoms with Crippen molar-refractivity contribution in [2.45, 2.75) is 39.2 Å². The van der Waals surface area contributed by atoms with Gasteiger partial charge >= 0.3 is 0 Å². The molecule has 0 unspecified atom stereocenters. The van der Waals surface area contributed by atoms with E-state index in [0.29, 0.717) is 6.04 Å². The highest BCUT2D eigenvalue weighted by Gasteiger charge is 2.16. The Morgan fingerprint density at radius 2 is 2.29 bits per heavy atom. The Kier molecular flexibility index (Phi) is 4.18. The van der Waals surface area contributed by atoms with Crippen LogP contribution in [0, 0.1) is 13.8 Å². The van der Waals surface area contributed by atoms with Crippen molar-refractivity contribution < 1.29 is 4.52 Å². The van der Waals surface area contributed by atoms with E-state index in [9.17, 15) is 0 Å². The minimum absolute atomic E-state index is 0.685. The van der Waals surface area contributed by atoms with Gasteiger partial charge in [-0.2, -0.15) is 0 Å². The van der Waals surface area contributed by atoms with E-state index in [4.69, 9.17) is 4.52 Å². The fraction of sp³-hybridized carbons (Fsp3) is 0.769. The van der Waals surface area contributed by atoms with Crippen molar-refractivity contribution in [2.75, 3.05) is 26.7 Å². The molecular formula is C13H23N3O. The van der Waals surface area contributed by atoms with Crippen molar-refractivity contribution in [3.63, 3.8) is 0 Å². The van der Waals surface area contributed by atoms with Gasteiger partial charge in [-0.1, -0.05) is 5.16 Å². The zero-order valence-corrected chi connectivity index (χ0v) is 11.1. The number of hydrogen-bond donors (Lipinski definition) is 1. The van der Waals surface area contributed by atoms with Crippen molar-refractivity contribution in [1.82, 2.24) is 15.4 Å². The van der Waals surface area contributed by atoms with Crippen molar-refractivity contribution in [3.05, 3.63) is 17.0 Å². The third-order valence-electron chi connectivity index (χ3n) is 3.62. The second-order valence-electron chi connectivity index (χ2n) is 5.11. The van der Waals surface area contributed by atoms with Crippen LogP contribution in [0.1, 0.15) is 29.9 Å². The molecule has 1 N–H and O–H groups in total. The molecule has 1 aliphatic rings. The van der Waals surface area contributed by atoms with Crippen molar-refractivity contribution in [1.29, 1.82) is 0 Å². The number of aryl methyl sites for hydroxylation is 2. The van der Waals surface area contributed by atoms with Gasteiger partial charge in [0, 0.05) is 24.7 Å². The summed E-state index contributed by atoms with van der Waals surface area (Å²) in [5.74, 6) is 0.967. The molecule has 4 nitrogen and oxygen atoms in total. The van der Waals surface area contributed by atoms with E-state index < -0.39 is 0 Å². The second-order valence-corrected chi connectivity index (χ2v) is 5.11. The summed E-state index contributed by atoms with van der Waals surface area (Å²) in [5.41, 5.74) is 2.31. The largest absolute Gasteiger partial charge is 0.361 e. The lowest BCUT2D eigenvalue weighted by Gasteiger charge is -2.20. The Balaban J connectivity index is 1.77. The first-order valence-corrected chi connectivity index (χ1v) is 6.50. The predicted molar refractivity (Wildman–Crippen MR) is 68.2 cm³/mol. The van der Waals surface area contributed by atoms with Crippen LogP contribution in [0.5, 0.6) is 0 Å². The van der Waals surface area contributed by atoms with Crippen LogP contribution in [0.2, 0.25) is 0 Å². The number of nitrogens with zero attached hydrogens (tertiary/aromatic N) is 2. The Morgan fingerprint density at radius 1 is 1.47 bits per heavy atom. The second kappa shape index (κ2) is 5.65. The van der Waals surface area contributed by atoms with Gasteiger partial charge < -0.3 is 14.7 Å². The summed E-state index contributed by atoms with van der Waals surface area (Å²) in [4.78, 5) is 2.40. The first-order valence-electron chi connectivity index (χ1n) is 6.50. The lowest BCUT2D eigenvalue weighted by Crippen LogP contribution is -2.36. The minimum atomic E-state index is 0.685. The third-order valence-corrected chi connectivity index (χ3v) is 3.62. The van der Waals surface area contributed by atoms with Crippen molar-refractivity contribution in [2.24, 2.45) is 0 Å². The van der Waals surface area contributed by atoms with E-state index in [1.165, 1.54) is 24.9 Å². The average Bonchev–Trinajstić information content (AvgIpc) is 2.88. The predicted octanol–water partition coefficient (Wildman–Crippen LogP) is 1.52. The highest BCUT2D eigenvalue weighted by molar-refractivity contribution is 5.20. The van der Waals surface area contributed by atoms with Gasteiger partial charge in [-0.3, -0.25) is 0 Å². The summed E-state index contributed by atoms with van der Waals surface area (Å²) in [6.45, 7) is 7.41. The van der Waals surface area contributed by atoms with Crippen LogP contribution in [0.15, 0.2) is 4.52 Å². The minimum Gasteiger partial charge on any atom is -0.361 e. The molecule has 0 spiro atoms. The molecule has 0 saturated carbocycles. The maximum atomic E-state index is 5.18. The maximum absolute atomic E-state index is 5.18. The topological polar surface area (TPSA) is 41.3 Å². The van der Waals surface area contributed by atoms with Crippen molar-refractivity contribution in [3.8, 4) is 0 Å². The summed E-state index contributed by atoms with van der Waals surface area (Å²) < 4.78 is 5.18. The molecule has 1 saturated heterocycles. The van der Waals surface area contributed by atoms with E-state index >= 15 is 0 Å². The Morgan fingerprint density at radius 3 is 2.88 bits per heavy atom. The Hall–Kier alpha value is -0.870. The molecule has 0 aliphatic carbocycles. The highest BCUT2D eigenvalue weighted by atomic mass is 16.5. The van der Waals surface area contributed by atoms with Crippen LogP contribution in [0.25, 0.3) is 0 Å². The fourth-order valence-electron chi connectivity index (χ4n) is 2.54. The van der Waals surface area contributed by atoms with Gasteiger partial charge in [-0.15, -0.1) is 0 Å². The summed E-state index contributed by atoms with van der Waals surface area (Å²) in [6.07, 6.45) is 3.67. The van der Waals surface area contributed by atoms with Crippen LogP contribution in [0.3, 0.4) is 0 Å². The fourth-order valence-corrected chi connectivity index (χ4v) is 2.54. The van der Waals surface area contributed by atoms with E-state index in [2.05, 4.69) is 22.4 Å². The van der Waals surface area contributed by atoms with Gasteiger partial charge in [0.05, 0.1) is 5.69 Å². The quantitative estimate of drug-likeness (QED) is 0.843. The van der Waals surface area contributed by atoms with E-state index in [0.717, 1.165) is 31.0 Å². The van der Waals surface area contributed by atoms with Crippen LogP contribution in [-0.4, -0.2) is 42.8 Å². The molecule has 1 atom stereocenters. The molecule has 0 aromatic carbocycles. The smallest absolute Gasteiger partial charge is 0.137 e. The first-order chi connectivity index (χ1) is 8.16. The first kappa shape index (κ1) is 12.6. The monoisotopic (exact) mass is 237 g/mol. The number of nitrogens with one attached hydrogen (secondary N) is 1. The molecule has 2 rings (SSSR count). The zero-order valence-electron chi connectivity index (χ0n) is 11.1. The summed E-state index contributed by atoms with van der Waals surface area (Å²) >= 11 is 0. The molecule has 1 aromatic rings. The van der Waals surface area contributed by atoms with Crippen LogP contribution < -0.4 is 5.32 Å². The van der Waals surface area contributed by atoms with Crippen LogP contribution in [0.4, 0.5) is 0 Å². The number of aromatic nitrogens is 1. The molecule has 1 aromatic heterocycles. The zero-order chi connectivity index (χ0) is 12.3. The van der Waals surface area contributed by atoms with Crippen molar-refractivity contribution >= 4 is 0 Å². The molecular weight excluding hydrogens is 214 g/mol. The molecule has 1 fully saturated rings. The number of likely N-dealkylation sites (N-methyl/N-ethyl adjacent to an activating group) is 1. The SMILES string of the molecule is Cc1noc(C)c1CCN(C)C[C@@H]1CCCN1. The lowest BCUT2D eigenvalue weighted by atomic mass is 10.1. The Labute approximate surface area is 103 Å².